The number of urea groups is 1. The Morgan fingerprint density at radius 3 is 2.36 bits per heavy atom. The van der Waals surface area contributed by atoms with E-state index < -0.39 is 24.0 Å². The SMILES string of the molecule is CNC(=O)NC(=O)[C@H](OC(=O)c1cc(Cl)ccc1Cl)c1ccccc1. The second kappa shape index (κ2) is 8.50. The number of halogens is 2. The minimum atomic E-state index is -1.33. The fourth-order valence-electron chi connectivity index (χ4n) is 1.97. The molecule has 0 spiro atoms. The van der Waals surface area contributed by atoms with Gasteiger partial charge in [0.15, 0.2) is 0 Å². The monoisotopic (exact) mass is 380 g/mol. The highest BCUT2D eigenvalue weighted by Crippen LogP contribution is 2.25. The number of carbonyl (C=O) groups is 3. The van der Waals surface area contributed by atoms with E-state index in [0.29, 0.717) is 10.6 Å². The molecule has 0 fully saturated rings. The summed E-state index contributed by atoms with van der Waals surface area (Å²) in [6.07, 6.45) is -1.33. The lowest BCUT2D eigenvalue weighted by molar-refractivity contribution is -0.129. The average Bonchev–Trinajstić information content (AvgIpc) is 2.61. The standard InChI is InChI=1S/C17H14Cl2N2O4/c1-20-17(24)21-15(22)14(10-5-3-2-4-6-10)25-16(23)12-9-11(18)7-8-13(12)19/h2-9,14H,1H3,(H2,20,21,22,24)/t14-/m1/s1. The van der Waals surface area contributed by atoms with Crippen molar-refractivity contribution in [3.63, 3.8) is 0 Å². The summed E-state index contributed by atoms with van der Waals surface area (Å²) >= 11 is 11.8. The number of nitrogens with one attached hydrogen (secondary N) is 2. The summed E-state index contributed by atoms with van der Waals surface area (Å²) < 4.78 is 5.29. The van der Waals surface area contributed by atoms with Gasteiger partial charge in [-0.05, 0) is 18.2 Å². The molecule has 2 N–H and O–H groups in total. The first-order valence-electron chi connectivity index (χ1n) is 7.16. The predicted octanol–water partition coefficient (Wildman–Crippen LogP) is 3.35. The number of ether oxygens (including phenoxy) is 1. The quantitative estimate of drug-likeness (QED) is 0.796. The fraction of sp³-hybridized carbons (Fsp3) is 0.118. The molecule has 3 amide bonds. The molecule has 8 heteroatoms. The minimum Gasteiger partial charge on any atom is -0.444 e. The number of imide groups is 1. The molecule has 130 valence electrons. The van der Waals surface area contributed by atoms with E-state index in [1.54, 1.807) is 30.3 Å². The van der Waals surface area contributed by atoms with Gasteiger partial charge in [-0.25, -0.2) is 9.59 Å². The average molecular weight is 381 g/mol. The fourth-order valence-corrected chi connectivity index (χ4v) is 2.33. The second-order valence-corrected chi connectivity index (χ2v) is 5.73. The smallest absolute Gasteiger partial charge is 0.340 e. The molecular formula is C17H14Cl2N2O4. The van der Waals surface area contributed by atoms with Crippen molar-refractivity contribution in [2.24, 2.45) is 0 Å². The highest BCUT2D eigenvalue weighted by atomic mass is 35.5. The molecule has 25 heavy (non-hydrogen) atoms. The van der Waals surface area contributed by atoms with Gasteiger partial charge in [0.05, 0.1) is 10.6 Å². The summed E-state index contributed by atoms with van der Waals surface area (Å²) in [5.41, 5.74) is 0.415. The molecule has 2 aromatic carbocycles. The predicted molar refractivity (Wildman–Crippen MR) is 93.7 cm³/mol. The van der Waals surface area contributed by atoms with Crippen LogP contribution in [0.2, 0.25) is 10.0 Å². The lowest BCUT2D eigenvalue weighted by atomic mass is 10.1. The van der Waals surface area contributed by atoms with E-state index in [4.69, 9.17) is 27.9 Å². The molecule has 0 aliphatic heterocycles. The number of hydrogen-bond donors (Lipinski definition) is 2. The van der Waals surface area contributed by atoms with Crippen LogP contribution < -0.4 is 10.6 Å². The maximum Gasteiger partial charge on any atom is 0.340 e. The van der Waals surface area contributed by atoms with Gasteiger partial charge in [0.25, 0.3) is 5.91 Å². The minimum absolute atomic E-state index is 0.0165. The Kier molecular flexibility index (Phi) is 6.38. The van der Waals surface area contributed by atoms with E-state index in [-0.39, 0.29) is 10.6 Å². The Bertz CT molecular complexity index is 796. The first kappa shape index (κ1) is 18.8. The van der Waals surface area contributed by atoms with Crippen molar-refractivity contribution < 1.29 is 19.1 Å². The lowest BCUT2D eigenvalue weighted by Crippen LogP contribution is -2.41. The number of benzene rings is 2. The number of rotatable bonds is 4. The molecule has 6 nitrogen and oxygen atoms in total. The zero-order valence-electron chi connectivity index (χ0n) is 13.1. The van der Waals surface area contributed by atoms with Gasteiger partial charge in [0.1, 0.15) is 0 Å². The van der Waals surface area contributed by atoms with Gasteiger partial charge in [-0.3, -0.25) is 10.1 Å². The van der Waals surface area contributed by atoms with Crippen molar-refractivity contribution in [1.82, 2.24) is 10.6 Å². The molecule has 0 saturated heterocycles. The van der Waals surface area contributed by atoms with Gasteiger partial charge < -0.3 is 10.1 Å². The van der Waals surface area contributed by atoms with E-state index in [1.165, 1.54) is 25.2 Å². The van der Waals surface area contributed by atoms with E-state index in [0.717, 1.165) is 0 Å². The molecule has 0 aromatic heterocycles. The molecule has 0 unspecified atom stereocenters. The summed E-state index contributed by atoms with van der Waals surface area (Å²) in [4.78, 5) is 36.1. The zero-order chi connectivity index (χ0) is 18.4. The molecular weight excluding hydrogens is 367 g/mol. The van der Waals surface area contributed by atoms with Crippen LogP contribution in [0.25, 0.3) is 0 Å². The van der Waals surface area contributed by atoms with Crippen LogP contribution in [0.5, 0.6) is 0 Å². The molecule has 0 aliphatic carbocycles. The van der Waals surface area contributed by atoms with Crippen molar-refractivity contribution in [1.29, 1.82) is 0 Å². The molecule has 0 bridgehead atoms. The van der Waals surface area contributed by atoms with Gasteiger partial charge in [0.2, 0.25) is 6.10 Å². The first-order valence-corrected chi connectivity index (χ1v) is 7.91. The Hall–Kier alpha value is -2.57. The van der Waals surface area contributed by atoms with E-state index in [1.807, 2.05) is 0 Å². The van der Waals surface area contributed by atoms with Crippen LogP contribution >= 0.6 is 23.2 Å². The van der Waals surface area contributed by atoms with Crippen LogP contribution in [-0.4, -0.2) is 25.0 Å². The maximum absolute atomic E-state index is 12.4. The van der Waals surface area contributed by atoms with E-state index in [9.17, 15) is 14.4 Å². The van der Waals surface area contributed by atoms with Gasteiger partial charge in [-0.15, -0.1) is 0 Å². The molecule has 1 atom stereocenters. The molecule has 2 aromatic rings. The van der Waals surface area contributed by atoms with Crippen LogP contribution in [-0.2, 0) is 9.53 Å². The zero-order valence-corrected chi connectivity index (χ0v) is 14.6. The lowest BCUT2D eigenvalue weighted by Gasteiger charge is -2.18. The third-order valence-electron chi connectivity index (χ3n) is 3.18. The molecule has 2 rings (SSSR count). The molecule has 0 saturated carbocycles. The number of amides is 3. The molecule has 0 heterocycles. The summed E-state index contributed by atoms with van der Waals surface area (Å²) in [5.74, 6) is -1.63. The highest BCUT2D eigenvalue weighted by Gasteiger charge is 2.27. The van der Waals surface area contributed by atoms with Crippen LogP contribution in [0.3, 0.4) is 0 Å². The van der Waals surface area contributed by atoms with Gasteiger partial charge >= 0.3 is 12.0 Å². The first-order chi connectivity index (χ1) is 11.9. The second-order valence-electron chi connectivity index (χ2n) is 4.89. The number of esters is 1. The van der Waals surface area contributed by atoms with E-state index in [2.05, 4.69) is 10.6 Å². The third kappa shape index (κ3) is 4.95. The van der Waals surface area contributed by atoms with Crippen molar-refractivity contribution in [3.05, 3.63) is 69.7 Å². The normalized spacial score (nSPS) is 11.3. The summed E-state index contributed by atoms with van der Waals surface area (Å²) in [5, 5.41) is 4.77. The largest absolute Gasteiger partial charge is 0.444 e. The summed E-state index contributed by atoms with van der Waals surface area (Å²) in [6.45, 7) is 0. The molecule has 0 aliphatic rings. The maximum atomic E-state index is 12.4. The molecule has 0 radical (unpaired) electrons. The number of carbonyl (C=O) groups excluding carboxylic acids is 3. The van der Waals surface area contributed by atoms with E-state index >= 15 is 0 Å². The third-order valence-corrected chi connectivity index (χ3v) is 3.74. The van der Waals surface area contributed by atoms with Crippen LogP contribution in [0.1, 0.15) is 22.0 Å². The van der Waals surface area contributed by atoms with Crippen LogP contribution in [0.4, 0.5) is 4.79 Å². The Morgan fingerprint density at radius 1 is 1.04 bits per heavy atom. The van der Waals surface area contributed by atoms with Crippen molar-refractivity contribution in [3.8, 4) is 0 Å². The Labute approximate surface area is 154 Å². The van der Waals surface area contributed by atoms with Crippen LogP contribution in [0.15, 0.2) is 48.5 Å². The number of hydrogen-bond acceptors (Lipinski definition) is 4. The summed E-state index contributed by atoms with van der Waals surface area (Å²) in [7, 11) is 1.36. The highest BCUT2D eigenvalue weighted by molar-refractivity contribution is 6.35. The Morgan fingerprint density at radius 2 is 1.72 bits per heavy atom. The van der Waals surface area contributed by atoms with Gasteiger partial charge in [-0.1, -0.05) is 53.5 Å². The summed E-state index contributed by atoms with van der Waals surface area (Å²) in [6, 6.07) is 11.9. The van der Waals surface area contributed by atoms with Gasteiger partial charge in [0, 0.05) is 17.6 Å². The Balaban J connectivity index is 2.29. The van der Waals surface area contributed by atoms with Crippen LogP contribution in [0, 0.1) is 0 Å². The van der Waals surface area contributed by atoms with Crippen molar-refractivity contribution >= 4 is 41.1 Å². The van der Waals surface area contributed by atoms with Crippen molar-refractivity contribution in [2.75, 3.05) is 7.05 Å². The van der Waals surface area contributed by atoms with Crippen molar-refractivity contribution in [2.45, 2.75) is 6.10 Å². The van der Waals surface area contributed by atoms with Gasteiger partial charge in [-0.2, -0.15) is 0 Å². The topological polar surface area (TPSA) is 84.5 Å².